The van der Waals surface area contributed by atoms with E-state index in [1.165, 1.54) is 5.39 Å². The van der Waals surface area contributed by atoms with Crippen LogP contribution in [0.2, 0.25) is 0 Å². The Bertz CT molecular complexity index is 3880. The lowest BCUT2D eigenvalue weighted by Crippen LogP contribution is -2.00. The van der Waals surface area contributed by atoms with E-state index >= 15 is 0 Å². The number of furan rings is 1. The third kappa shape index (κ3) is 5.57. The molecular formula is C58H36N4O. The van der Waals surface area contributed by atoms with E-state index < -0.39 is 0 Å². The van der Waals surface area contributed by atoms with E-state index in [-0.39, 0.29) is 0 Å². The van der Waals surface area contributed by atoms with Crippen molar-refractivity contribution in [1.82, 2.24) is 19.1 Å². The maximum absolute atomic E-state index is 6.47. The van der Waals surface area contributed by atoms with Crippen LogP contribution in [0.25, 0.3) is 122 Å². The summed E-state index contributed by atoms with van der Waals surface area (Å²) in [7, 11) is 0. The molecule has 0 N–H and O–H groups in total. The molecule has 0 aliphatic carbocycles. The lowest BCUT2D eigenvalue weighted by atomic mass is 9.99. The first kappa shape index (κ1) is 35.2. The van der Waals surface area contributed by atoms with Crippen molar-refractivity contribution in [2.45, 2.75) is 0 Å². The Hall–Kier alpha value is -8.54. The Morgan fingerprint density at radius 2 is 0.921 bits per heavy atom. The predicted octanol–water partition coefficient (Wildman–Crippen LogP) is 15.2. The number of hydrogen-bond acceptors (Lipinski definition) is 3. The maximum atomic E-state index is 6.47. The van der Waals surface area contributed by atoms with Crippen molar-refractivity contribution in [3.63, 3.8) is 0 Å². The molecule has 5 heteroatoms. The van der Waals surface area contributed by atoms with Crippen molar-refractivity contribution in [1.29, 1.82) is 0 Å². The number of benzene rings is 9. The highest BCUT2D eigenvalue weighted by Gasteiger charge is 2.23. The molecule has 0 spiro atoms. The SMILES string of the molecule is c1ccc(-c2ccc3c(c2)c2nc(-c4ccc5c(c4)c4ccccc4n5-c4ccccc4)nc(-c4ccc(-c5cccc6c5oc5ccccc56)cc4)c2n3-c2ccccc2)cc1. The molecule has 0 fully saturated rings. The predicted molar refractivity (Wildman–Crippen MR) is 260 cm³/mol. The number of aromatic nitrogens is 4. The minimum atomic E-state index is 0.671. The Kier molecular flexibility index (Phi) is 7.84. The third-order valence-electron chi connectivity index (χ3n) is 12.5. The van der Waals surface area contributed by atoms with Gasteiger partial charge >= 0.3 is 0 Å². The minimum Gasteiger partial charge on any atom is -0.455 e. The van der Waals surface area contributed by atoms with E-state index in [2.05, 4.69) is 215 Å². The molecule has 13 rings (SSSR count). The van der Waals surface area contributed by atoms with Gasteiger partial charge in [0.2, 0.25) is 0 Å². The number of hydrogen-bond donors (Lipinski definition) is 0. The second kappa shape index (κ2) is 14.0. The topological polar surface area (TPSA) is 48.8 Å². The maximum Gasteiger partial charge on any atom is 0.160 e. The van der Waals surface area contributed by atoms with Crippen molar-refractivity contribution in [3.05, 3.63) is 218 Å². The first-order chi connectivity index (χ1) is 31.2. The molecule has 0 unspecified atom stereocenters. The molecule has 0 atom stereocenters. The smallest absolute Gasteiger partial charge is 0.160 e. The lowest BCUT2D eigenvalue weighted by Gasteiger charge is -2.13. The summed E-state index contributed by atoms with van der Waals surface area (Å²) >= 11 is 0. The Morgan fingerprint density at radius 3 is 1.70 bits per heavy atom. The van der Waals surface area contributed by atoms with Crippen molar-refractivity contribution >= 4 is 65.7 Å². The molecule has 4 heterocycles. The van der Waals surface area contributed by atoms with Crippen molar-refractivity contribution in [2.24, 2.45) is 0 Å². The zero-order valence-corrected chi connectivity index (χ0v) is 34.0. The monoisotopic (exact) mass is 804 g/mol. The largest absolute Gasteiger partial charge is 0.455 e. The average molecular weight is 805 g/mol. The van der Waals surface area contributed by atoms with Crippen LogP contribution in [-0.2, 0) is 0 Å². The summed E-state index contributed by atoms with van der Waals surface area (Å²) in [6, 6.07) is 77.2. The molecule has 0 saturated heterocycles. The van der Waals surface area contributed by atoms with Crippen LogP contribution >= 0.6 is 0 Å². The molecule has 63 heavy (non-hydrogen) atoms. The molecule has 0 aliphatic rings. The first-order valence-corrected chi connectivity index (χ1v) is 21.3. The highest BCUT2D eigenvalue weighted by molar-refractivity contribution is 6.14. The van der Waals surface area contributed by atoms with Crippen LogP contribution in [0.3, 0.4) is 0 Å². The van der Waals surface area contributed by atoms with Crippen LogP contribution in [0.4, 0.5) is 0 Å². The standard InChI is InChI=1S/C58H36N4O/c1-4-15-37(16-5-1)40-31-33-52-49(35-40)55-56(62(52)43-19-8-3-9-20-43)54(39-29-27-38(28-30-39)44-23-14-24-47-46-22-11-13-26-53(46)63-57(44)47)59-58(60-55)41-32-34-51-48(36-41)45-21-10-12-25-50(45)61(51)42-17-6-2-7-18-42/h1-36H. The molecule has 9 aromatic carbocycles. The summed E-state index contributed by atoms with van der Waals surface area (Å²) in [4.78, 5) is 11.1. The second-order valence-electron chi connectivity index (χ2n) is 16.1. The van der Waals surface area contributed by atoms with Gasteiger partial charge in [0, 0.05) is 55.0 Å². The van der Waals surface area contributed by atoms with Crippen molar-refractivity contribution in [3.8, 4) is 56.3 Å². The van der Waals surface area contributed by atoms with Gasteiger partial charge in [-0.2, -0.15) is 0 Å². The van der Waals surface area contributed by atoms with Crippen LogP contribution in [0.1, 0.15) is 0 Å². The fourth-order valence-electron chi connectivity index (χ4n) is 9.63. The molecule has 13 aromatic rings. The van der Waals surface area contributed by atoms with E-state index in [9.17, 15) is 0 Å². The van der Waals surface area contributed by atoms with Crippen molar-refractivity contribution < 1.29 is 4.42 Å². The van der Waals surface area contributed by atoms with E-state index in [0.29, 0.717) is 5.82 Å². The van der Waals surface area contributed by atoms with Gasteiger partial charge in [-0.3, -0.25) is 0 Å². The molecule has 0 radical (unpaired) electrons. The third-order valence-corrected chi connectivity index (χ3v) is 12.5. The highest BCUT2D eigenvalue weighted by Crippen LogP contribution is 2.42. The number of rotatable bonds is 6. The average Bonchev–Trinajstić information content (AvgIpc) is 4.02. The molecular weight excluding hydrogens is 769 g/mol. The summed E-state index contributed by atoms with van der Waals surface area (Å²) in [5.74, 6) is 0.671. The van der Waals surface area contributed by atoms with Crippen molar-refractivity contribution in [2.75, 3.05) is 0 Å². The summed E-state index contributed by atoms with van der Waals surface area (Å²) < 4.78 is 11.1. The Balaban J connectivity index is 1.07. The molecule has 0 aliphatic heterocycles. The van der Waals surface area contributed by atoms with Gasteiger partial charge in [-0.1, -0.05) is 152 Å². The summed E-state index contributed by atoms with van der Waals surface area (Å²) in [6.07, 6.45) is 0. The van der Waals surface area contributed by atoms with Gasteiger partial charge in [0.25, 0.3) is 0 Å². The quantitative estimate of drug-likeness (QED) is 0.168. The molecule has 4 aromatic heterocycles. The van der Waals surface area contributed by atoms with Gasteiger partial charge in [-0.05, 0) is 83.4 Å². The van der Waals surface area contributed by atoms with E-state index in [1.54, 1.807) is 0 Å². The van der Waals surface area contributed by atoms with E-state index in [0.717, 1.165) is 111 Å². The molecule has 0 bridgehead atoms. The number of fused-ring (bicyclic) bond motifs is 9. The van der Waals surface area contributed by atoms with Gasteiger partial charge < -0.3 is 13.6 Å². The first-order valence-electron chi connectivity index (χ1n) is 21.3. The van der Waals surface area contributed by atoms with Gasteiger partial charge in [-0.15, -0.1) is 0 Å². The summed E-state index contributed by atoms with van der Waals surface area (Å²) in [6.45, 7) is 0. The zero-order chi connectivity index (χ0) is 41.4. The van der Waals surface area contributed by atoms with Crippen LogP contribution in [-0.4, -0.2) is 19.1 Å². The molecule has 0 saturated carbocycles. The van der Waals surface area contributed by atoms with E-state index in [4.69, 9.17) is 14.4 Å². The number of para-hydroxylation sites is 5. The Morgan fingerprint density at radius 1 is 0.349 bits per heavy atom. The van der Waals surface area contributed by atoms with Crippen LogP contribution < -0.4 is 0 Å². The highest BCUT2D eigenvalue weighted by atomic mass is 16.3. The van der Waals surface area contributed by atoms with Gasteiger partial charge in [0.1, 0.15) is 16.7 Å². The zero-order valence-electron chi connectivity index (χ0n) is 34.0. The van der Waals surface area contributed by atoms with Gasteiger partial charge in [0.15, 0.2) is 5.82 Å². The normalized spacial score (nSPS) is 11.8. The molecule has 294 valence electrons. The van der Waals surface area contributed by atoms with E-state index in [1.807, 2.05) is 12.1 Å². The fourth-order valence-corrected chi connectivity index (χ4v) is 9.63. The fraction of sp³-hybridized carbons (Fsp3) is 0. The van der Waals surface area contributed by atoms with Crippen LogP contribution in [0.5, 0.6) is 0 Å². The lowest BCUT2D eigenvalue weighted by molar-refractivity contribution is 0.670. The van der Waals surface area contributed by atoms with Crippen LogP contribution in [0, 0.1) is 0 Å². The Labute approximate surface area is 362 Å². The number of nitrogens with zero attached hydrogens (tertiary/aromatic N) is 4. The summed E-state index contributed by atoms with van der Waals surface area (Å²) in [5.41, 5.74) is 16.4. The molecule has 5 nitrogen and oxygen atoms in total. The molecule has 0 amide bonds. The van der Waals surface area contributed by atoms with Gasteiger partial charge in [-0.25, -0.2) is 9.97 Å². The van der Waals surface area contributed by atoms with Crippen LogP contribution in [0.15, 0.2) is 223 Å². The second-order valence-corrected chi connectivity index (χ2v) is 16.1. The minimum absolute atomic E-state index is 0.671. The summed E-state index contributed by atoms with van der Waals surface area (Å²) in [5, 5.41) is 5.63. The van der Waals surface area contributed by atoms with Gasteiger partial charge in [0.05, 0.1) is 27.8 Å².